The second-order valence-electron chi connectivity index (χ2n) is 7.00. The molecular formula is C18H34O2. The zero-order valence-corrected chi connectivity index (χ0v) is 13.2. The van der Waals surface area contributed by atoms with Crippen molar-refractivity contribution in [3.8, 4) is 0 Å². The molecule has 2 saturated carbocycles. The highest BCUT2D eigenvalue weighted by Gasteiger charge is 2.22. The minimum Gasteiger partial charge on any atom is -0.390 e. The lowest BCUT2D eigenvalue weighted by molar-refractivity contribution is -0.0572. The second-order valence-corrected chi connectivity index (χ2v) is 7.00. The Balaban J connectivity index is 1.74. The zero-order valence-electron chi connectivity index (χ0n) is 13.2. The lowest BCUT2D eigenvalue weighted by Crippen LogP contribution is -2.30. The van der Waals surface area contributed by atoms with Gasteiger partial charge in [-0.25, -0.2) is 0 Å². The van der Waals surface area contributed by atoms with Crippen molar-refractivity contribution in [3.05, 3.63) is 0 Å². The first-order valence-corrected chi connectivity index (χ1v) is 9.16. The van der Waals surface area contributed by atoms with Gasteiger partial charge in [0.05, 0.1) is 12.2 Å². The van der Waals surface area contributed by atoms with E-state index in [9.17, 15) is 5.11 Å². The minimum absolute atomic E-state index is 0.107. The Morgan fingerprint density at radius 2 is 1.15 bits per heavy atom. The Bertz CT molecular complexity index is 236. The molecule has 2 unspecified atom stereocenters. The molecule has 118 valence electrons. The van der Waals surface area contributed by atoms with Crippen molar-refractivity contribution in [1.82, 2.24) is 0 Å². The maximum absolute atomic E-state index is 10.4. The minimum atomic E-state index is -0.226. The van der Waals surface area contributed by atoms with Crippen molar-refractivity contribution in [3.63, 3.8) is 0 Å². The number of ether oxygens (including phenoxy) is 1. The molecule has 1 N–H and O–H groups in total. The van der Waals surface area contributed by atoms with Crippen LogP contribution in [0.1, 0.15) is 89.9 Å². The van der Waals surface area contributed by atoms with Gasteiger partial charge < -0.3 is 9.84 Å². The van der Waals surface area contributed by atoms with E-state index >= 15 is 0 Å². The van der Waals surface area contributed by atoms with Gasteiger partial charge in [0.25, 0.3) is 0 Å². The molecule has 0 radical (unpaired) electrons. The largest absolute Gasteiger partial charge is 0.390 e. The molecule has 2 heteroatoms. The van der Waals surface area contributed by atoms with Crippen LogP contribution in [0, 0.1) is 5.92 Å². The van der Waals surface area contributed by atoms with Crippen LogP contribution in [0.2, 0.25) is 0 Å². The Morgan fingerprint density at radius 1 is 0.650 bits per heavy atom. The number of rotatable bonds is 3. The summed E-state index contributed by atoms with van der Waals surface area (Å²) >= 11 is 0. The maximum atomic E-state index is 10.4. The normalized spacial score (nSPS) is 31.6. The van der Waals surface area contributed by atoms with Crippen LogP contribution in [0.15, 0.2) is 0 Å². The van der Waals surface area contributed by atoms with E-state index in [1.807, 2.05) is 0 Å². The topological polar surface area (TPSA) is 29.5 Å². The van der Waals surface area contributed by atoms with Gasteiger partial charge in [-0.1, -0.05) is 64.2 Å². The van der Waals surface area contributed by atoms with Gasteiger partial charge in [-0.2, -0.15) is 0 Å². The fourth-order valence-corrected chi connectivity index (χ4v) is 3.77. The Hall–Kier alpha value is -0.0800. The third-order valence-corrected chi connectivity index (χ3v) is 5.19. The standard InChI is InChI=1S/C18H34O2/c19-17-13-7-5-3-1-2-4-6-8-14-18(17)20-15-16-11-9-10-12-16/h16-19H,1-15H2. The molecule has 0 heterocycles. The quantitative estimate of drug-likeness (QED) is 0.802. The van der Waals surface area contributed by atoms with E-state index in [0.29, 0.717) is 0 Å². The Kier molecular flexibility index (Phi) is 7.97. The van der Waals surface area contributed by atoms with E-state index in [1.54, 1.807) is 0 Å². The summed E-state index contributed by atoms with van der Waals surface area (Å²) in [7, 11) is 0. The van der Waals surface area contributed by atoms with Gasteiger partial charge in [0.1, 0.15) is 0 Å². The number of hydrogen-bond donors (Lipinski definition) is 1. The van der Waals surface area contributed by atoms with E-state index in [-0.39, 0.29) is 12.2 Å². The Labute approximate surface area is 125 Å². The van der Waals surface area contributed by atoms with Crippen molar-refractivity contribution < 1.29 is 9.84 Å². The summed E-state index contributed by atoms with van der Waals surface area (Å²) < 4.78 is 6.13. The molecule has 0 aromatic heterocycles. The predicted molar refractivity (Wildman–Crippen MR) is 83.9 cm³/mol. The molecule has 0 amide bonds. The average Bonchev–Trinajstić information content (AvgIpc) is 2.95. The van der Waals surface area contributed by atoms with Crippen LogP contribution in [0.25, 0.3) is 0 Å². The van der Waals surface area contributed by atoms with E-state index < -0.39 is 0 Å². The van der Waals surface area contributed by atoms with Crippen molar-refractivity contribution in [2.45, 2.75) is 102 Å². The molecule has 0 aromatic carbocycles. The van der Waals surface area contributed by atoms with E-state index in [0.717, 1.165) is 25.4 Å². The lowest BCUT2D eigenvalue weighted by Gasteiger charge is -2.25. The number of hydrogen-bond acceptors (Lipinski definition) is 2. The molecule has 0 spiro atoms. The maximum Gasteiger partial charge on any atom is 0.0834 e. The van der Waals surface area contributed by atoms with Crippen molar-refractivity contribution in [1.29, 1.82) is 0 Å². The molecule has 2 aliphatic rings. The lowest BCUT2D eigenvalue weighted by atomic mass is 9.97. The molecule has 0 bridgehead atoms. The summed E-state index contributed by atoms with van der Waals surface area (Å²) in [5.74, 6) is 0.767. The summed E-state index contributed by atoms with van der Waals surface area (Å²) in [5, 5.41) is 10.4. The molecule has 2 fully saturated rings. The molecule has 20 heavy (non-hydrogen) atoms. The van der Waals surface area contributed by atoms with Crippen LogP contribution in [-0.2, 0) is 4.74 Å². The first kappa shape index (κ1) is 16.3. The molecule has 0 aromatic rings. The van der Waals surface area contributed by atoms with Crippen molar-refractivity contribution in [2.24, 2.45) is 5.92 Å². The summed E-state index contributed by atoms with van der Waals surface area (Å²) in [6.45, 7) is 0.891. The van der Waals surface area contributed by atoms with E-state index in [4.69, 9.17) is 4.74 Å². The van der Waals surface area contributed by atoms with Gasteiger partial charge >= 0.3 is 0 Å². The summed E-state index contributed by atoms with van der Waals surface area (Å²) in [6, 6.07) is 0. The first-order valence-electron chi connectivity index (χ1n) is 9.16. The summed E-state index contributed by atoms with van der Waals surface area (Å²) in [5.41, 5.74) is 0. The average molecular weight is 282 g/mol. The van der Waals surface area contributed by atoms with Gasteiger partial charge in [0.2, 0.25) is 0 Å². The fraction of sp³-hybridized carbons (Fsp3) is 1.00. The number of aliphatic hydroxyl groups is 1. The van der Waals surface area contributed by atoms with Crippen LogP contribution in [0.4, 0.5) is 0 Å². The molecule has 2 rings (SSSR count). The van der Waals surface area contributed by atoms with Crippen molar-refractivity contribution >= 4 is 0 Å². The highest BCUT2D eigenvalue weighted by atomic mass is 16.5. The summed E-state index contributed by atoms with van der Waals surface area (Å²) in [6.07, 6.45) is 17.8. The SMILES string of the molecule is OC1CCCCCCCCCCC1OCC1CCCC1. The molecule has 0 saturated heterocycles. The molecule has 2 nitrogen and oxygen atoms in total. The molecule has 2 aliphatic carbocycles. The first-order chi connectivity index (χ1) is 9.86. The predicted octanol–water partition coefficient (Wildman–Crippen LogP) is 4.84. The fourth-order valence-electron chi connectivity index (χ4n) is 3.77. The molecule has 2 atom stereocenters. The van der Waals surface area contributed by atoms with E-state index in [1.165, 1.54) is 77.0 Å². The van der Waals surface area contributed by atoms with Crippen LogP contribution in [0.5, 0.6) is 0 Å². The Morgan fingerprint density at radius 3 is 1.80 bits per heavy atom. The van der Waals surface area contributed by atoms with Crippen LogP contribution < -0.4 is 0 Å². The van der Waals surface area contributed by atoms with Gasteiger partial charge in [-0.3, -0.25) is 0 Å². The smallest absolute Gasteiger partial charge is 0.0834 e. The van der Waals surface area contributed by atoms with Crippen molar-refractivity contribution in [2.75, 3.05) is 6.61 Å². The van der Waals surface area contributed by atoms with Crippen LogP contribution in [-0.4, -0.2) is 23.9 Å². The van der Waals surface area contributed by atoms with Crippen LogP contribution >= 0.6 is 0 Å². The number of aliphatic hydroxyl groups excluding tert-OH is 1. The summed E-state index contributed by atoms with van der Waals surface area (Å²) in [4.78, 5) is 0. The van der Waals surface area contributed by atoms with Gasteiger partial charge in [-0.15, -0.1) is 0 Å². The molecular weight excluding hydrogens is 248 g/mol. The van der Waals surface area contributed by atoms with Crippen LogP contribution in [0.3, 0.4) is 0 Å². The zero-order chi connectivity index (χ0) is 14.0. The van der Waals surface area contributed by atoms with Gasteiger partial charge in [0, 0.05) is 6.61 Å². The molecule has 0 aliphatic heterocycles. The van der Waals surface area contributed by atoms with Gasteiger partial charge in [0.15, 0.2) is 0 Å². The highest BCUT2D eigenvalue weighted by Crippen LogP contribution is 2.26. The monoisotopic (exact) mass is 282 g/mol. The van der Waals surface area contributed by atoms with E-state index in [2.05, 4.69) is 0 Å². The second kappa shape index (κ2) is 9.78. The van der Waals surface area contributed by atoms with Gasteiger partial charge in [-0.05, 0) is 31.6 Å². The highest BCUT2D eigenvalue weighted by molar-refractivity contribution is 4.73. The third kappa shape index (κ3) is 6.13. The third-order valence-electron chi connectivity index (χ3n) is 5.19.